The second kappa shape index (κ2) is 12.1. The normalized spacial score (nSPS) is 14.3. The average molecular weight is 562 g/mol. The highest BCUT2D eigenvalue weighted by Crippen LogP contribution is 2.27. The summed E-state index contributed by atoms with van der Waals surface area (Å²) in [5, 5.41) is 11.6. The lowest BCUT2D eigenvalue weighted by Gasteiger charge is -2.28. The van der Waals surface area contributed by atoms with E-state index in [4.69, 9.17) is 11.6 Å². The Kier molecular flexibility index (Phi) is 8.64. The fraction of sp³-hybridized carbons (Fsp3) is 0.133. The van der Waals surface area contributed by atoms with Gasteiger partial charge in [-0.05, 0) is 72.8 Å². The van der Waals surface area contributed by atoms with Crippen molar-refractivity contribution >= 4 is 56.8 Å². The van der Waals surface area contributed by atoms with E-state index >= 15 is 0 Å². The van der Waals surface area contributed by atoms with Gasteiger partial charge in [-0.3, -0.25) is 4.79 Å². The van der Waals surface area contributed by atoms with Crippen molar-refractivity contribution in [2.75, 3.05) is 42.0 Å². The Hall–Kier alpha value is -4.20. The first-order valence-electron chi connectivity index (χ1n) is 12.3. The molecule has 200 valence electrons. The number of allylic oxidation sites excluding steroid dienone is 2. The fourth-order valence-corrected chi connectivity index (χ4v) is 4.39. The van der Waals surface area contributed by atoms with Gasteiger partial charge in [0.15, 0.2) is 6.20 Å². The Morgan fingerprint density at radius 1 is 0.949 bits per heavy atom. The molecule has 1 atom stereocenters. The van der Waals surface area contributed by atoms with E-state index in [0.717, 1.165) is 39.3 Å². The van der Waals surface area contributed by atoms with Crippen LogP contribution in [0.25, 0.3) is 10.9 Å². The maximum atomic E-state index is 12.8. The van der Waals surface area contributed by atoms with E-state index in [-0.39, 0.29) is 24.5 Å². The summed E-state index contributed by atoms with van der Waals surface area (Å²) in [6.45, 7) is 0. The number of nitrogens with zero attached hydrogens (tertiary/aromatic N) is 2. The van der Waals surface area contributed by atoms with Gasteiger partial charge in [0, 0.05) is 72.8 Å². The van der Waals surface area contributed by atoms with Crippen LogP contribution in [0.4, 0.5) is 28.4 Å². The largest absolute Gasteiger partial charge is 1.00 e. The first kappa shape index (κ1) is 27.8. The summed E-state index contributed by atoms with van der Waals surface area (Å²) in [6.07, 6.45) is 7.57. The zero-order valence-electron chi connectivity index (χ0n) is 21.9. The molecular formula is C30H30Cl2N6O. The molecule has 4 aromatic rings. The van der Waals surface area contributed by atoms with Crippen molar-refractivity contribution in [1.29, 1.82) is 0 Å². The van der Waals surface area contributed by atoms with E-state index in [1.807, 2.05) is 93.1 Å². The first-order chi connectivity index (χ1) is 18.4. The summed E-state index contributed by atoms with van der Waals surface area (Å²) in [5.74, 6) is -0.167. The highest BCUT2D eigenvalue weighted by molar-refractivity contribution is 6.31. The molecule has 0 radical (unpaired) electrons. The summed E-state index contributed by atoms with van der Waals surface area (Å²) in [5.41, 5.74) is 6.31. The molecule has 5 rings (SSSR count). The van der Waals surface area contributed by atoms with E-state index in [1.54, 1.807) is 12.1 Å². The molecule has 1 aromatic heterocycles. The Balaban J connectivity index is 0.00000353. The average Bonchev–Trinajstić information content (AvgIpc) is 2.92. The molecule has 39 heavy (non-hydrogen) atoms. The lowest BCUT2D eigenvalue weighted by molar-refractivity contribution is -0.344. The quantitative estimate of drug-likeness (QED) is 0.324. The molecule has 0 saturated carbocycles. The molecule has 0 bridgehead atoms. The van der Waals surface area contributed by atoms with E-state index < -0.39 is 0 Å². The molecule has 1 unspecified atom stereocenters. The molecule has 1 aliphatic rings. The minimum atomic E-state index is -0.167. The maximum Gasteiger partial charge on any atom is 0.255 e. The number of aromatic nitrogens is 1. The number of fused-ring (bicyclic) bond motifs is 1. The second-order valence-electron chi connectivity index (χ2n) is 9.37. The van der Waals surface area contributed by atoms with E-state index in [1.165, 1.54) is 0 Å². The number of carbonyl (C=O) groups excluding carboxylic acids is 1. The van der Waals surface area contributed by atoms with Gasteiger partial charge in [0.25, 0.3) is 5.91 Å². The van der Waals surface area contributed by atoms with Crippen LogP contribution in [0.5, 0.6) is 0 Å². The number of nitrogens with one attached hydrogen (secondary N) is 4. The zero-order chi connectivity index (χ0) is 26.6. The van der Waals surface area contributed by atoms with Gasteiger partial charge >= 0.3 is 0 Å². The van der Waals surface area contributed by atoms with Crippen LogP contribution in [0.1, 0.15) is 10.4 Å². The molecule has 1 aliphatic heterocycles. The summed E-state index contributed by atoms with van der Waals surface area (Å²) in [6, 6.07) is 23.4. The third kappa shape index (κ3) is 6.63. The van der Waals surface area contributed by atoms with Crippen LogP contribution in [-0.4, -0.2) is 38.1 Å². The third-order valence-electron chi connectivity index (χ3n) is 6.41. The van der Waals surface area contributed by atoms with Crippen LogP contribution in [-0.2, 0) is 0 Å². The molecule has 9 heteroatoms. The van der Waals surface area contributed by atoms with E-state index in [2.05, 4.69) is 44.0 Å². The number of anilines is 5. The molecular weight excluding hydrogens is 531 g/mol. The van der Waals surface area contributed by atoms with Crippen LogP contribution in [0, 0.1) is 0 Å². The van der Waals surface area contributed by atoms with Gasteiger partial charge in [-0.15, -0.1) is 0 Å². The topological polar surface area (TPSA) is 73.8 Å². The van der Waals surface area contributed by atoms with E-state index in [0.29, 0.717) is 10.6 Å². The Bertz CT molecular complexity index is 1520. The number of carbonyl (C=O) groups is 1. The summed E-state index contributed by atoms with van der Waals surface area (Å²) >= 11 is 6.12. The smallest absolute Gasteiger partial charge is 0.255 e. The number of hydrogen-bond donors (Lipinski definition) is 3. The second-order valence-corrected chi connectivity index (χ2v) is 9.81. The number of H-pyrrole nitrogens is 1. The van der Waals surface area contributed by atoms with Crippen LogP contribution in [0.2, 0.25) is 0 Å². The molecule has 0 spiro atoms. The number of hydrogen-bond acceptors (Lipinski definition) is 5. The standard InChI is InChI=1S/C30H29ClN6O.ClH/c1-36(2)25-12-13-26-27(14-16-32-28(26)19-25)33-22-8-10-24(11-9-22)35-30(38)20-4-6-23(7-5-20)34-29-18-21(31)15-17-37(29)3;/h4-19,29,34H,1-3H3,(H,32,33)(H,35,38);1H. The highest BCUT2D eigenvalue weighted by Gasteiger charge is 2.14. The monoisotopic (exact) mass is 560 g/mol. The number of aromatic amines is 1. The number of benzene rings is 3. The van der Waals surface area contributed by atoms with Crippen LogP contribution in [0.15, 0.2) is 102 Å². The van der Waals surface area contributed by atoms with Crippen LogP contribution >= 0.6 is 11.6 Å². The molecule has 3 aromatic carbocycles. The minimum Gasteiger partial charge on any atom is -1.00 e. The lowest BCUT2D eigenvalue weighted by atomic mass is 10.1. The molecule has 4 N–H and O–H groups in total. The van der Waals surface area contributed by atoms with Gasteiger partial charge < -0.3 is 38.2 Å². The Labute approximate surface area is 239 Å². The molecule has 2 heterocycles. The van der Waals surface area contributed by atoms with Crippen molar-refractivity contribution < 1.29 is 22.2 Å². The van der Waals surface area contributed by atoms with Crippen LogP contribution in [0.3, 0.4) is 0 Å². The van der Waals surface area contributed by atoms with Gasteiger partial charge in [0.05, 0.1) is 11.1 Å². The summed E-state index contributed by atoms with van der Waals surface area (Å²) in [7, 11) is 6.02. The lowest BCUT2D eigenvalue weighted by Crippen LogP contribution is -3.00. The number of amides is 1. The van der Waals surface area contributed by atoms with Crippen molar-refractivity contribution in [3.63, 3.8) is 0 Å². The van der Waals surface area contributed by atoms with Gasteiger partial charge in [0.2, 0.25) is 5.52 Å². The molecule has 1 amide bonds. The zero-order valence-corrected chi connectivity index (χ0v) is 23.4. The fourth-order valence-electron chi connectivity index (χ4n) is 4.21. The van der Waals surface area contributed by atoms with Crippen molar-refractivity contribution in [3.8, 4) is 0 Å². The Morgan fingerprint density at radius 2 is 1.64 bits per heavy atom. The predicted octanol–water partition coefficient (Wildman–Crippen LogP) is 3.04. The number of pyridine rings is 1. The summed E-state index contributed by atoms with van der Waals surface area (Å²) in [4.78, 5) is 20.2. The minimum absolute atomic E-state index is 0. The molecule has 0 aliphatic carbocycles. The summed E-state index contributed by atoms with van der Waals surface area (Å²) < 4.78 is 0. The SMILES string of the molecule is CN(C)c1ccc2c(Nc3ccc(NC(=O)c4ccc(NC5C=C(Cl)C=CN5C)cc4)cc3)cc[nH+]c2c1.[Cl-]. The number of rotatable bonds is 7. The van der Waals surface area contributed by atoms with E-state index in [9.17, 15) is 4.79 Å². The molecule has 0 fully saturated rings. The Morgan fingerprint density at radius 3 is 2.36 bits per heavy atom. The van der Waals surface area contributed by atoms with Gasteiger partial charge in [-0.1, -0.05) is 11.6 Å². The van der Waals surface area contributed by atoms with Crippen molar-refractivity contribution in [1.82, 2.24) is 4.90 Å². The van der Waals surface area contributed by atoms with Crippen molar-refractivity contribution in [2.24, 2.45) is 0 Å². The molecule has 7 nitrogen and oxygen atoms in total. The predicted molar refractivity (Wildman–Crippen MR) is 157 cm³/mol. The maximum absolute atomic E-state index is 12.8. The van der Waals surface area contributed by atoms with Crippen LogP contribution < -0.4 is 38.2 Å². The highest BCUT2D eigenvalue weighted by atomic mass is 35.5. The molecule has 0 saturated heterocycles. The first-order valence-corrected chi connectivity index (χ1v) is 12.7. The van der Waals surface area contributed by atoms with Crippen molar-refractivity contribution in [2.45, 2.75) is 6.17 Å². The van der Waals surface area contributed by atoms with Gasteiger partial charge in [-0.25, -0.2) is 4.98 Å². The van der Waals surface area contributed by atoms with Gasteiger partial charge in [-0.2, -0.15) is 0 Å². The number of likely N-dealkylation sites (N-methyl/N-ethyl adjacent to an activating group) is 1. The number of halogens is 2. The van der Waals surface area contributed by atoms with Gasteiger partial charge in [0.1, 0.15) is 6.17 Å². The van der Waals surface area contributed by atoms with Crippen molar-refractivity contribution in [3.05, 3.63) is 108 Å². The third-order valence-corrected chi connectivity index (χ3v) is 6.66.